The molecule has 1 aromatic rings. The number of hydrogen-bond acceptors (Lipinski definition) is 11. The quantitative estimate of drug-likeness (QED) is 0.370. The fourth-order valence-electron chi connectivity index (χ4n) is 2.55. The van der Waals surface area contributed by atoms with E-state index in [1.807, 2.05) is 0 Å². The van der Waals surface area contributed by atoms with Gasteiger partial charge in [0.25, 0.3) is 0 Å². The number of hydrogen-bond donors (Lipinski definition) is 1. The molecule has 1 amide bonds. The number of methoxy groups -OCH3 is 2. The maximum atomic E-state index is 12.2. The minimum atomic E-state index is -1.39. The molecule has 0 bridgehead atoms. The van der Waals surface area contributed by atoms with E-state index in [0.29, 0.717) is 0 Å². The zero-order chi connectivity index (χ0) is 23.6. The molecule has 0 aliphatic rings. The third kappa shape index (κ3) is 8.46. The lowest BCUT2D eigenvalue weighted by Gasteiger charge is -2.31. The average molecular weight is 443 g/mol. The molecule has 1 N–H and O–H groups in total. The molecule has 0 aliphatic heterocycles. The number of carbonyl (C=O) groups excluding carboxylic acids is 5. The van der Waals surface area contributed by atoms with Crippen molar-refractivity contribution in [2.75, 3.05) is 27.4 Å². The van der Waals surface area contributed by atoms with E-state index in [1.54, 1.807) is 0 Å². The lowest BCUT2D eigenvalue weighted by molar-refractivity contribution is -0.176. The summed E-state index contributed by atoms with van der Waals surface area (Å²) < 4.78 is 30.2. The highest BCUT2D eigenvalue weighted by Gasteiger charge is 2.39. The van der Waals surface area contributed by atoms with Gasteiger partial charge in [-0.15, -0.1) is 0 Å². The van der Waals surface area contributed by atoms with Gasteiger partial charge in [0.05, 0.1) is 7.11 Å². The molecule has 3 atom stereocenters. The first kappa shape index (κ1) is 25.6. The molecule has 172 valence electrons. The molecule has 1 heterocycles. The van der Waals surface area contributed by atoms with Gasteiger partial charge < -0.3 is 33.4 Å². The van der Waals surface area contributed by atoms with Gasteiger partial charge in [-0.05, 0) is 12.1 Å². The fraction of sp³-hybridized carbons (Fsp3) is 0.526. The summed E-state index contributed by atoms with van der Waals surface area (Å²) in [6.45, 7) is 2.51. The molecule has 12 nitrogen and oxygen atoms in total. The van der Waals surface area contributed by atoms with Crippen LogP contribution in [0, 0.1) is 0 Å². The lowest BCUT2D eigenvalue weighted by atomic mass is 10.0. The summed E-state index contributed by atoms with van der Waals surface area (Å²) >= 11 is 0. The topological polar surface area (TPSA) is 157 Å². The number of amides is 1. The molecule has 1 rings (SSSR count). The first-order chi connectivity index (χ1) is 14.6. The van der Waals surface area contributed by atoms with Crippen molar-refractivity contribution in [2.45, 2.75) is 39.0 Å². The average Bonchev–Trinajstić information content (AvgIpc) is 3.16. The Balaban J connectivity index is 3.43. The first-order valence-electron chi connectivity index (χ1n) is 9.03. The van der Waals surface area contributed by atoms with Crippen molar-refractivity contribution >= 4 is 29.8 Å². The maximum absolute atomic E-state index is 12.2. The molecule has 0 fully saturated rings. The van der Waals surface area contributed by atoms with Gasteiger partial charge >= 0.3 is 23.9 Å². The van der Waals surface area contributed by atoms with E-state index in [4.69, 9.17) is 23.4 Å². The second-order valence-corrected chi connectivity index (χ2v) is 6.20. The van der Waals surface area contributed by atoms with Crippen LogP contribution >= 0.6 is 0 Å². The van der Waals surface area contributed by atoms with E-state index < -0.39 is 54.6 Å². The van der Waals surface area contributed by atoms with E-state index in [9.17, 15) is 24.0 Å². The molecule has 0 spiro atoms. The minimum absolute atomic E-state index is 0.0175. The number of nitrogens with one attached hydrogen (secondary N) is 1. The Hall–Kier alpha value is -3.41. The summed E-state index contributed by atoms with van der Waals surface area (Å²) in [7, 11) is 2.45. The summed E-state index contributed by atoms with van der Waals surface area (Å²) in [5.41, 5.74) is 0. The van der Waals surface area contributed by atoms with E-state index >= 15 is 0 Å². The molecule has 0 unspecified atom stereocenters. The predicted octanol–water partition coefficient (Wildman–Crippen LogP) is 0.296. The van der Waals surface area contributed by atoms with E-state index in [0.717, 1.165) is 27.9 Å². The summed E-state index contributed by atoms with van der Waals surface area (Å²) in [4.78, 5) is 58.6. The summed E-state index contributed by atoms with van der Waals surface area (Å²) in [5, 5.41) is 2.53. The van der Waals surface area contributed by atoms with Crippen molar-refractivity contribution in [3.63, 3.8) is 0 Å². The van der Waals surface area contributed by atoms with Crippen molar-refractivity contribution in [3.8, 4) is 0 Å². The Kier molecular flexibility index (Phi) is 10.2. The number of esters is 4. The Morgan fingerprint density at radius 2 is 1.61 bits per heavy atom. The Morgan fingerprint density at radius 1 is 0.968 bits per heavy atom. The van der Waals surface area contributed by atoms with Crippen LogP contribution in [-0.4, -0.2) is 69.4 Å². The van der Waals surface area contributed by atoms with E-state index in [-0.39, 0.29) is 18.1 Å². The van der Waals surface area contributed by atoms with Gasteiger partial charge in [-0.3, -0.25) is 19.2 Å². The zero-order valence-electron chi connectivity index (χ0n) is 17.8. The highest BCUT2D eigenvalue weighted by Crippen LogP contribution is 2.27. The highest BCUT2D eigenvalue weighted by molar-refractivity contribution is 5.86. The van der Waals surface area contributed by atoms with Crippen LogP contribution in [0.2, 0.25) is 0 Å². The normalized spacial score (nSPS) is 13.3. The predicted molar refractivity (Wildman–Crippen MR) is 101 cm³/mol. The standard InChI is InChI=1S/C19H25NO11/c1-10(21)28-8-15(29-11(2)22)18(30-12(3)23)17(20-16(24)9-26-4)13-6-7-14(31-13)19(25)27-5/h6-7,15,17-18H,8-9H2,1-5H3,(H,20,24)/t15-,17-,18-/m1/s1. The number of ether oxygens (including phenoxy) is 5. The Labute approximate surface area is 178 Å². The largest absolute Gasteiger partial charge is 0.463 e. The van der Waals surface area contributed by atoms with Crippen LogP contribution in [-0.2, 0) is 42.9 Å². The van der Waals surface area contributed by atoms with Gasteiger partial charge in [-0.2, -0.15) is 0 Å². The van der Waals surface area contributed by atoms with Crippen LogP contribution in [0.15, 0.2) is 16.5 Å². The van der Waals surface area contributed by atoms with Crippen molar-refractivity contribution in [1.29, 1.82) is 0 Å². The third-order valence-corrected chi connectivity index (χ3v) is 3.68. The zero-order valence-corrected chi connectivity index (χ0v) is 17.8. The van der Waals surface area contributed by atoms with Crippen molar-refractivity contribution in [3.05, 3.63) is 23.7 Å². The maximum Gasteiger partial charge on any atom is 0.373 e. The number of carbonyl (C=O) groups is 5. The fourth-order valence-corrected chi connectivity index (χ4v) is 2.55. The third-order valence-electron chi connectivity index (χ3n) is 3.68. The van der Waals surface area contributed by atoms with Gasteiger partial charge in [0.15, 0.2) is 12.2 Å². The molecule has 12 heteroatoms. The summed E-state index contributed by atoms with van der Waals surface area (Å²) in [6, 6.07) is 1.38. The molecular weight excluding hydrogens is 418 g/mol. The van der Waals surface area contributed by atoms with Crippen molar-refractivity contribution in [1.82, 2.24) is 5.32 Å². The van der Waals surface area contributed by atoms with Crippen LogP contribution in [0.3, 0.4) is 0 Å². The SMILES string of the molecule is COCC(=O)N[C@H](c1ccc(C(=O)OC)o1)[C@H](OC(C)=O)[C@@H](COC(C)=O)OC(C)=O. The first-order valence-corrected chi connectivity index (χ1v) is 9.03. The van der Waals surface area contributed by atoms with Gasteiger partial charge in [0, 0.05) is 27.9 Å². The molecular formula is C19H25NO11. The van der Waals surface area contributed by atoms with Crippen molar-refractivity contribution in [2.24, 2.45) is 0 Å². The Morgan fingerprint density at radius 3 is 2.13 bits per heavy atom. The van der Waals surface area contributed by atoms with Gasteiger partial charge in [0.2, 0.25) is 11.7 Å². The summed E-state index contributed by atoms with van der Waals surface area (Å²) in [6.07, 6.45) is -2.71. The van der Waals surface area contributed by atoms with Gasteiger partial charge in [0.1, 0.15) is 25.0 Å². The monoisotopic (exact) mass is 443 g/mol. The highest BCUT2D eigenvalue weighted by atomic mass is 16.6. The summed E-state index contributed by atoms with van der Waals surface area (Å²) in [5.74, 6) is -3.83. The van der Waals surface area contributed by atoms with Gasteiger partial charge in [-0.25, -0.2) is 4.79 Å². The molecule has 0 aromatic carbocycles. The second kappa shape index (κ2) is 12.3. The number of rotatable bonds is 11. The van der Waals surface area contributed by atoms with Crippen LogP contribution in [0.1, 0.15) is 43.1 Å². The van der Waals surface area contributed by atoms with E-state index in [1.165, 1.54) is 19.2 Å². The smallest absolute Gasteiger partial charge is 0.373 e. The van der Waals surface area contributed by atoms with Gasteiger partial charge in [-0.1, -0.05) is 0 Å². The lowest BCUT2D eigenvalue weighted by Crippen LogP contribution is -2.48. The molecule has 0 radical (unpaired) electrons. The van der Waals surface area contributed by atoms with Crippen LogP contribution in [0.5, 0.6) is 0 Å². The van der Waals surface area contributed by atoms with Crippen LogP contribution in [0.4, 0.5) is 0 Å². The van der Waals surface area contributed by atoms with Crippen LogP contribution < -0.4 is 5.32 Å². The number of furan rings is 1. The Bertz CT molecular complexity index is 801. The molecule has 31 heavy (non-hydrogen) atoms. The molecule has 0 aliphatic carbocycles. The van der Waals surface area contributed by atoms with Crippen molar-refractivity contribution < 1.29 is 52.1 Å². The molecule has 1 aromatic heterocycles. The molecule has 0 saturated carbocycles. The van der Waals surface area contributed by atoms with E-state index in [2.05, 4.69) is 10.1 Å². The molecule has 0 saturated heterocycles. The second-order valence-electron chi connectivity index (χ2n) is 6.20. The minimum Gasteiger partial charge on any atom is -0.463 e. The van der Waals surface area contributed by atoms with Crippen LogP contribution in [0.25, 0.3) is 0 Å².